The minimum absolute atomic E-state index is 0.189. The van der Waals surface area contributed by atoms with E-state index in [-0.39, 0.29) is 24.9 Å². The molecule has 0 radical (unpaired) electrons. The zero-order valence-corrected chi connectivity index (χ0v) is 15.2. The average Bonchev–Trinajstić information content (AvgIpc) is 3.18. The van der Waals surface area contributed by atoms with Gasteiger partial charge >= 0.3 is 5.97 Å². The third-order valence-electron chi connectivity index (χ3n) is 4.20. The Morgan fingerprint density at radius 3 is 2.44 bits per heavy atom. The zero-order valence-electron chi connectivity index (χ0n) is 15.2. The van der Waals surface area contributed by atoms with Crippen LogP contribution in [0, 0.1) is 0 Å². The molecule has 8 N–H and O–H groups in total. The lowest BCUT2D eigenvalue weighted by molar-refractivity contribution is -0.142. The first-order chi connectivity index (χ1) is 12.9. The Kier molecular flexibility index (Phi) is 10.3. The van der Waals surface area contributed by atoms with Crippen LogP contribution in [0.3, 0.4) is 0 Å². The number of nitrogens with two attached hydrogens (primary N) is 1. The summed E-state index contributed by atoms with van der Waals surface area (Å²) in [5.41, 5.74) is 5.36. The van der Waals surface area contributed by atoms with E-state index < -0.39 is 36.5 Å². The number of hydrogen-bond acceptors (Lipinski definition) is 7. The molecule has 0 saturated carbocycles. The summed E-state index contributed by atoms with van der Waals surface area (Å²) >= 11 is 0. The molecule has 0 aromatic carbocycles. The van der Waals surface area contributed by atoms with Gasteiger partial charge in [0.15, 0.2) is 0 Å². The van der Waals surface area contributed by atoms with Gasteiger partial charge < -0.3 is 37.2 Å². The van der Waals surface area contributed by atoms with E-state index in [9.17, 15) is 24.3 Å². The Balaban J connectivity index is 2.44. The van der Waals surface area contributed by atoms with E-state index >= 15 is 0 Å². The van der Waals surface area contributed by atoms with E-state index in [2.05, 4.69) is 21.3 Å². The third kappa shape index (κ3) is 8.33. The summed E-state index contributed by atoms with van der Waals surface area (Å²) in [6.45, 7) is 0.106. The largest absolute Gasteiger partial charge is 0.480 e. The Morgan fingerprint density at radius 1 is 1.15 bits per heavy atom. The van der Waals surface area contributed by atoms with Crippen molar-refractivity contribution in [3.8, 4) is 0 Å². The molecule has 27 heavy (non-hydrogen) atoms. The molecule has 0 aliphatic carbocycles. The van der Waals surface area contributed by atoms with Crippen LogP contribution in [-0.4, -0.2) is 78.3 Å². The number of carboxylic acid groups (broad SMARTS) is 1. The smallest absolute Gasteiger partial charge is 0.326 e. The standard InChI is InChI=1S/C16H29N5O6/c17-6-2-1-4-11(16(26)27)21-15(25)12(9-22)20-13(23)8-19-14(24)10-5-3-7-18-10/h10-12,18,22H,1-9,17H2,(H,19,24)(H,20,23)(H,21,25)(H,26,27). The maximum atomic E-state index is 12.1. The van der Waals surface area contributed by atoms with E-state index in [1.807, 2.05) is 0 Å². The molecule has 0 spiro atoms. The molecule has 1 rings (SSSR count). The number of aliphatic carboxylic acids is 1. The van der Waals surface area contributed by atoms with Gasteiger partial charge in [-0.15, -0.1) is 0 Å². The minimum atomic E-state index is -1.31. The Hall–Kier alpha value is -2.24. The summed E-state index contributed by atoms with van der Waals surface area (Å²) in [7, 11) is 0. The fourth-order valence-electron chi connectivity index (χ4n) is 2.66. The molecule has 3 amide bonds. The fraction of sp³-hybridized carbons (Fsp3) is 0.750. The molecule has 1 heterocycles. The summed E-state index contributed by atoms with van der Waals surface area (Å²) in [5, 5.41) is 28.5. The lowest BCUT2D eigenvalue weighted by Crippen LogP contribution is -2.55. The Bertz CT molecular complexity index is 523. The number of nitrogens with one attached hydrogen (secondary N) is 4. The summed E-state index contributed by atoms with van der Waals surface area (Å²) in [4.78, 5) is 47.1. The van der Waals surface area contributed by atoms with Gasteiger partial charge in [-0.2, -0.15) is 0 Å². The molecule has 1 aliphatic heterocycles. The number of hydrogen-bond donors (Lipinski definition) is 7. The van der Waals surface area contributed by atoms with Crippen LogP contribution in [0.5, 0.6) is 0 Å². The van der Waals surface area contributed by atoms with Gasteiger partial charge in [0.1, 0.15) is 12.1 Å². The second-order valence-electron chi connectivity index (χ2n) is 6.35. The van der Waals surface area contributed by atoms with Crippen LogP contribution >= 0.6 is 0 Å². The van der Waals surface area contributed by atoms with Gasteiger partial charge in [0, 0.05) is 0 Å². The summed E-state index contributed by atoms with van der Waals surface area (Å²) in [5.74, 6) is -2.99. The van der Waals surface area contributed by atoms with Gasteiger partial charge in [0.25, 0.3) is 0 Å². The molecule has 3 atom stereocenters. The Morgan fingerprint density at radius 2 is 1.89 bits per heavy atom. The summed E-state index contributed by atoms with van der Waals surface area (Å²) < 4.78 is 0. The van der Waals surface area contributed by atoms with Crippen molar-refractivity contribution in [2.24, 2.45) is 5.73 Å². The molecule has 3 unspecified atom stereocenters. The van der Waals surface area contributed by atoms with Crippen molar-refractivity contribution in [2.45, 2.75) is 50.2 Å². The zero-order chi connectivity index (χ0) is 20.2. The van der Waals surface area contributed by atoms with E-state index in [0.29, 0.717) is 25.8 Å². The molecule has 0 aromatic heterocycles. The van der Waals surface area contributed by atoms with E-state index in [0.717, 1.165) is 13.0 Å². The first-order valence-electron chi connectivity index (χ1n) is 9.03. The average molecular weight is 387 g/mol. The molecular formula is C16H29N5O6. The van der Waals surface area contributed by atoms with Gasteiger partial charge in [-0.1, -0.05) is 0 Å². The molecule has 0 aromatic rings. The number of aliphatic hydroxyl groups excluding tert-OH is 1. The number of aliphatic hydroxyl groups is 1. The SMILES string of the molecule is NCCCCC(NC(=O)C(CO)NC(=O)CNC(=O)C1CCCN1)C(=O)O. The molecule has 1 fully saturated rings. The number of carbonyl (C=O) groups is 4. The van der Waals surface area contributed by atoms with Crippen molar-refractivity contribution in [1.29, 1.82) is 0 Å². The molecular weight excluding hydrogens is 358 g/mol. The molecule has 11 nitrogen and oxygen atoms in total. The molecule has 11 heteroatoms. The van der Waals surface area contributed by atoms with Gasteiger partial charge in [-0.3, -0.25) is 14.4 Å². The monoisotopic (exact) mass is 387 g/mol. The van der Waals surface area contributed by atoms with Crippen LogP contribution in [0.4, 0.5) is 0 Å². The first kappa shape index (κ1) is 22.8. The minimum Gasteiger partial charge on any atom is -0.480 e. The second kappa shape index (κ2) is 12.2. The highest BCUT2D eigenvalue weighted by atomic mass is 16.4. The molecule has 1 aliphatic rings. The number of amides is 3. The molecule has 1 saturated heterocycles. The lowest BCUT2D eigenvalue weighted by Gasteiger charge is -2.20. The van der Waals surface area contributed by atoms with Crippen LogP contribution in [0.15, 0.2) is 0 Å². The van der Waals surface area contributed by atoms with Gasteiger partial charge in [-0.25, -0.2) is 4.79 Å². The number of carbonyl (C=O) groups excluding carboxylic acids is 3. The summed E-state index contributed by atoms with van der Waals surface area (Å²) in [6, 6.07) is -2.78. The van der Waals surface area contributed by atoms with Crippen molar-refractivity contribution in [1.82, 2.24) is 21.3 Å². The predicted octanol–water partition coefficient (Wildman–Crippen LogP) is -2.97. The maximum absolute atomic E-state index is 12.1. The first-order valence-corrected chi connectivity index (χ1v) is 9.03. The van der Waals surface area contributed by atoms with Crippen LogP contribution in [0.25, 0.3) is 0 Å². The van der Waals surface area contributed by atoms with Gasteiger partial charge in [0.05, 0.1) is 19.2 Å². The maximum Gasteiger partial charge on any atom is 0.326 e. The normalized spacial score (nSPS) is 18.4. The third-order valence-corrected chi connectivity index (χ3v) is 4.20. The van der Waals surface area contributed by atoms with E-state index in [1.165, 1.54) is 0 Å². The summed E-state index contributed by atoms with van der Waals surface area (Å²) in [6.07, 6.45) is 2.90. The van der Waals surface area contributed by atoms with E-state index in [4.69, 9.17) is 10.8 Å². The molecule has 0 bridgehead atoms. The number of unbranched alkanes of at least 4 members (excludes halogenated alkanes) is 1. The van der Waals surface area contributed by atoms with Crippen LogP contribution in [0.2, 0.25) is 0 Å². The van der Waals surface area contributed by atoms with Crippen molar-refractivity contribution < 1.29 is 29.4 Å². The van der Waals surface area contributed by atoms with Crippen LogP contribution in [0.1, 0.15) is 32.1 Å². The Labute approximate surface area is 157 Å². The van der Waals surface area contributed by atoms with E-state index in [1.54, 1.807) is 0 Å². The fourth-order valence-corrected chi connectivity index (χ4v) is 2.66. The van der Waals surface area contributed by atoms with Crippen LogP contribution < -0.4 is 27.0 Å². The highest BCUT2D eigenvalue weighted by Crippen LogP contribution is 2.04. The second-order valence-corrected chi connectivity index (χ2v) is 6.35. The highest BCUT2D eigenvalue weighted by Gasteiger charge is 2.26. The van der Waals surface area contributed by atoms with Crippen molar-refractivity contribution in [2.75, 3.05) is 26.2 Å². The number of carboxylic acids is 1. The van der Waals surface area contributed by atoms with Crippen molar-refractivity contribution >= 4 is 23.7 Å². The lowest BCUT2D eigenvalue weighted by atomic mass is 10.1. The predicted molar refractivity (Wildman–Crippen MR) is 95.5 cm³/mol. The molecule has 154 valence electrons. The quantitative estimate of drug-likeness (QED) is 0.173. The van der Waals surface area contributed by atoms with Gasteiger partial charge in [-0.05, 0) is 45.2 Å². The van der Waals surface area contributed by atoms with Crippen molar-refractivity contribution in [3.05, 3.63) is 0 Å². The van der Waals surface area contributed by atoms with Crippen LogP contribution in [-0.2, 0) is 19.2 Å². The number of rotatable bonds is 12. The topological polar surface area (TPSA) is 183 Å². The van der Waals surface area contributed by atoms with Gasteiger partial charge in [0.2, 0.25) is 17.7 Å². The van der Waals surface area contributed by atoms with Crippen molar-refractivity contribution in [3.63, 3.8) is 0 Å². The highest BCUT2D eigenvalue weighted by molar-refractivity contribution is 5.92.